The third-order valence-electron chi connectivity index (χ3n) is 16.5. The van der Waals surface area contributed by atoms with Crippen LogP contribution in [0.5, 0.6) is 0 Å². The van der Waals surface area contributed by atoms with Crippen LogP contribution in [0.4, 0.5) is 0 Å². The molecular formula is C69H96N4O8. The van der Waals surface area contributed by atoms with Gasteiger partial charge in [0.15, 0.2) is 0 Å². The molecule has 0 unspecified atom stereocenters. The Hall–Kier alpha value is -5.92. The zero-order valence-electron chi connectivity index (χ0n) is 50.9. The van der Waals surface area contributed by atoms with E-state index >= 15 is 0 Å². The van der Waals surface area contributed by atoms with Crippen LogP contribution >= 0.6 is 0 Å². The molecule has 0 aliphatic heterocycles. The number of allylic oxidation sites excluding steroid dienone is 2. The van der Waals surface area contributed by atoms with Crippen LogP contribution < -0.4 is 21.3 Å². The third-order valence-corrected chi connectivity index (χ3v) is 16.5. The number of amides is 4. The summed E-state index contributed by atoms with van der Waals surface area (Å²) in [6.45, 7) is 30.0. The van der Waals surface area contributed by atoms with E-state index in [0.29, 0.717) is 116 Å². The van der Waals surface area contributed by atoms with E-state index in [2.05, 4.69) is 139 Å². The van der Waals surface area contributed by atoms with Crippen LogP contribution in [0.1, 0.15) is 206 Å². The van der Waals surface area contributed by atoms with Crippen LogP contribution in [-0.2, 0) is 50.2 Å². The Kier molecular flexibility index (Phi) is 24.1. The molecule has 2 aliphatic rings. The van der Waals surface area contributed by atoms with Crippen molar-refractivity contribution in [2.75, 3.05) is 72.5 Å². The Bertz CT molecular complexity index is 2770. The summed E-state index contributed by atoms with van der Waals surface area (Å²) in [6.07, 6.45) is 12.3. The summed E-state index contributed by atoms with van der Waals surface area (Å²) in [4.78, 5) is 52.5. The lowest BCUT2D eigenvalue weighted by Gasteiger charge is -2.42. The molecule has 6 rings (SSSR count). The summed E-state index contributed by atoms with van der Waals surface area (Å²) in [5.41, 5.74) is 14.1. The van der Waals surface area contributed by atoms with Crippen LogP contribution in [0.3, 0.4) is 0 Å². The van der Waals surface area contributed by atoms with Gasteiger partial charge in [0.05, 0.1) is 33.0 Å². The predicted octanol–water partition coefficient (Wildman–Crippen LogP) is 12.7. The lowest BCUT2D eigenvalue weighted by Crippen LogP contribution is -2.47. The van der Waals surface area contributed by atoms with E-state index in [9.17, 15) is 19.2 Å². The minimum Gasteiger partial charge on any atom is -0.381 e. The van der Waals surface area contributed by atoms with E-state index in [1.807, 2.05) is 55.5 Å². The Labute approximate surface area is 485 Å². The van der Waals surface area contributed by atoms with Gasteiger partial charge in [0.2, 0.25) is 11.8 Å². The summed E-state index contributed by atoms with van der Waals surface area (Å²) in [6, 6.07) is 28.3. The largest absolute Gasteiger partial charge is 0.381 e. The molecule has 1 atom stereocenters. The highest BCUT2D eigenvalue weighted by Crippen LogP contribution is 2.48. The molecule has 0 radical (unpaired) electrons. The third kappa shape index (κ3) is 19.3. The number of carbonyl (C=O) groups excluding carboxylic acids is 4. The second kappa shape index (κ2) is 30.4. The first-order valence-electron chi connectivity index (χ1n) is 29.9. The standard InChI is InChI=1S/C69H96N4O8/c1-12-78-40-30-62(74)70-36-15-38-79-41-43-81-44-42-80-39-16-37-72-65(77)61(73-64(76)54-24-20-52(21-25-54)46-50(3)56-27-29-58-60(48-56)69(10,11)34-32-67(58,6)7)17-13-14-35-71-63(75)53-22-18-51(19-23-53)45-49(2)55-26-28-57-59(47-55)68(8,9)33-31-66(57,4)5/h18-29,45-48,61H,12-17,30-44H2,1-11H3,(H,70,74)(H,71,75)(H,72,77)(H,73,76)/b49-45+,50-46+/t61-/m1/s1. The van der Waals surface area contributed by atoms with Crippen molar-refractivity contribution in [2.24, 2.45) is 0 Å². The molecule has 4 N–H and O–H groups in total. The van der Waals surface area contributed by atoms with Crippen molar-refractivity contribution in [3.8, 4) is 0 Å². The topological polar surface area (TPSA) is 153 Å². The molecule has 12 nitrogen and oxygen atoms in total. The zero-order chi connectivity index (χ0) is 58.6. The van der Waals surface area contributed by atoms with Crippen molar-refractivity contribution in [1.29, 1.82) is 0 Å². The number of fused-ring (bicyclic) bond motifs is 2. The molecular weight excluding hydrogens is 1010 g/mol. The highest BCUT2D eigenvalue weighted by atomic mass is 16.5. The Morgan fingerprint density at radius 3 is 1.37 bits per heavy atom. The van der Waals surface area contributed by atoms with E-state index in [-0.39, 0.29) is 45.3 Å². The second-order valence-electron chi connectivity index (χ2n) is 24.9. The molecule has 12 heteroatoms. The molecule has 0 saturated carbocycles. The summed E-state index contributed by atoms with van der Waals surface area (Å²) in [7, 11) is 0. The molecule has 0 heterocycles. The van der Waals surface area contributed by atoms with Gasteiger partial charge in [0.25, 0.3) is 11.8 Å². The first-order valence-corrected chi connectivity index (χ1v) is 29.9. The molecule has 440 valence electrons. The summed E-state index contributed by atoms with van der Waals surface area (Å²) in [5.74, 6) is -0.774. The van der Waals surface area contributed by atoms with Gasteiger partial charge in [-0.15, -0.1) is 0 Å². The monoisotopic (exact) mass is 1110 g/mol. The van der Waals surface area contributed by atoms with Gasteiger partial charge in [-0.1, -0.05) is 128 Å². The van der Waals surface area contributed by atoms with Crippen molar-refractivity contribution >= 4 is 46.9 Å². The minimum absolute atomic E-state index is 0.0213. The minimum atomic E-state index is -0.780. The molecule has 0 spiro atoms. The lowest BCUT2D eigenvalue weighted by molar-refractivity contribution is -0.123. The van der Waals surface area contributed by atoms with Crippen LogP contribution in [0.15, 0.2) is 84.9 Å². The number of hydrogen-bond acceptors (Lipinski definition) is 8. The number of benzene rings is 4. The Morgan fingerprint density at radius 1 is 0.469 bits per heavy atom. The van der Waals surface area contributed by atoms with E-state index in [4.69, 9.17) is 18.9 Å². The van der Waals surface area contributed by atoms with Crippen LogP contribution in [-0.4, -0.2) is 102 Å². The van der Waals surface area contributed by atoms with E-state index in [1.165, 1.54) is 58.2 Å². The predicted molar refractivity (Wildman–Crippen MR) is 330 cm³/mol. The SMILES string of the molecule is CCOCCC(=O)NCCCOCCOCCOCCCNC(=O)[C@@H](CCCCNC(=O)c1ccc(/C=C(\C)c2ccc3c(c2)C(C)(C)CCC3(C)C)cc1)NC(=O)c1ccc(/C=C(\C)c2ccc3c(c2)C(C)(C)CCC3(C)C)cc1. The first-order chi connectivity index (χ1) is 38.6. The quantitative estimate of drug-likeness (QED) is 0.0287. The average Bonchev–Trinajstić information content (AvgIpc) is 3.58. The number of ether oxygens (including phenoxy) is 4. The van der Waals surface area contributed by atoms with Gasteiger partial charge in [-0.25, -0.2) is 0 Å². The molecule has 4 aromatic carbocycles. The van der Waals surface area contributed by atoms with Gasteiger partial charge < -0.3 is 40.2 Å². The van der Waals surface area contributed by atoms with Crippen molar-refractivity contribution < 1.29 is 38.1 Å². The lowest BCUT2D eigenvalue weighted by atomic mass is 9.63. The molecule has 0 saturated heterocycles. The highest BCUT2D eigenvalue weighted by molar-refractivity contribution is 5.98. The maximum Gasteiger partial charge on any atom is 0.251 e. The summed E-state index contributed by atoms with van der Waals surface area (Å²) in [5, 5.41) is 11.9. The molecule has 0 aromatic heterocycles. The normalized spacial score (nSPS) is 16.4. The highest BCUT2D eigenvalue weighted by Gasteiger charge is 2.38. The first kappa shape index (κ1) is 64.3. The van der Waals surface area contributed by atoms with Crippen molar-refractivity contribution in [3.05, 3.63) is 141 Å². The average molecular weight is 1110 g/mol. The molecule has 0 fully saturated rings. The Morgan fingerprint density at radius 2 is 0.889 bits per heavy atom. The van der Waals surface area contributed by atoms with Gasteiger partial charge in [0, 0.05) is 57.0 Å². The van der Waals surface area contributed by atoms with E-state index < -0.39 is 6.04 Å². The molecule has 2 aliphatic carbocycles. The molecule has 4 amide bonds. The molecule has 4 aromatic rings. The number of carbonyl (C=O) groups is 4. The fourth-order valence-electron chi connectivity index (χ4n) is 10.9. The summed E-state index contributed by atoms with van der Waals surface area (Å²) >= 11 is 0. The van der Waals surface area contributed by atoms with Gasteiger partial charge >= 0.3 is 0 Å². The fraction of sp³-hybridized carbons (Fsp3) is 0.536. The van der Waals surface area contributed by atoms with E-state index in [1.54, 1.807) is 0 Å². The van der Waals surface area contributed by atoms with Gasteiger partial charge in [0.1, 0.15) is 6.04 Å². The summed E-state index contributed by atoms with van der Waals surface area (Å²) < 4.78 is 22.2. The fourth-order valence-corrected chi connectivity index (χ4v) is 10.9. The van der Waals surface area contributed by atoms with Crippen molar-refractivity contribution in [1.82, 2.24) is 21.3 Å². The maximum atomic E-state index is 13.8. The van der Waals surface area contributed by atoms with Gasteiger partial charge in [-0.2, -0.15) is 0 Å². The van der Waals surface area contributed by atoms with Crippen LogP contribution in [0, 0.1) is 0 Å². The van der Waals surface area contributed by atoms with Crippen LogP contribution in [0.2, 0.25) is 0 Å². The molecule has 81 heavy (non-hydrogen) atoms. The smallest absolute Gasteiger partial charge is 0.251 e. The second-order valence-corrected chi connectivity index (χ2v) is 24.9. The zero-order valence-corrected chi connectivity index (χ0v) is 50.9. The maximum absolute atomic E-state index is 13.8. The van der Waals surface area contributed by atoms with Gasteiger partial charge in [-0.05, 0) is 180 Å². The number of hydrogen-bond donors (Lipinski definition) is 4. The van der Waals surface area contributed by atoms with Crippen molar-refractivity contribution in [3.63, 3.8) is 0 Å². The molecule has 0 bridgehead atoms. The number of rotatable bonds is 31. The number of nitrogens with one attached hydrogen (secondary N) is 4. The van der Waals surface area contributed by atoms with Crippen molar-refractivity contribution in [2.45, 2.75) is 168 Å². The Balaban J connectivity index is 0.968. The van der Waals surface area contributed by atoms with Crippen LogP contribution in [0.25, 0.3) is 23.3 Å². The van der Waals surface area contributed by atoms with Gasteiger partial charge in [-0.3, -0.25) is 19.2 Å². The number of unbranched alkanes of at least 4 members (excludes halogenated alkanes) is 1. The van der Waals surface area contributed by atoms with E-state index in [0.717, 1.165) is 29.5 Å².